The monoisotopic (exact) mass is 286 g/mol. The lowest BCUT2D eigenvalue weighted by molar-refractivity contribution is 0.116. The first-order valence-electron chi connectivity index (χ1n) is 8.29. The molecule has 0 bridgehead atoms. The maximum absolute atomic E-state index is 5.77. The zero-order chi connectivity index (χ0) is 15.6. The lowest BCUT2D eigenvalue weighted by Crippen LogP contribution is -2.36. The van der Waals surface area contributed by atoms with Gasteiger partial charge in [0.25, 0.3) is 0 Å². The second kappa shape index (κ2) is 10.6. The van der Waals surface area contributed by atoms with Crippen LogP contribution in [0.25, 0.3) is 0 Å². The molecule has 0 radical (unpaired) electrons. The van der Waals surface area contributed by atoms with E-state index in [4.69, 9.17) is 10.5 Å². The van der Waals surface area contributed by atoms with Crippen LogP contribution in [0.1, 0.15) is 60.3 Å². The smallest absolute Gasteiger partial charge is 0.0589 e. The van der Waals surface area contributed by atoms with Gasteiger partial charge in [-0.1, -0.05) is 27.7 Å². The number of rotatable bonds is 11. The second-order valence-corrected chi connectivity index (χ2v) is 7.07. The second-order valence-electron chi connectivity index (χ2n) is 7.07. The van der Waals surface area contributed by atoms with Gasteiger partial charge in [-0.2, -0.15) is 0 Å². The van der Waals surface area contributed by atoms with E-state index in [0.29, 0.717) is 11.5 Å². The van der Waals surface area contributed by atoms with Crippen molar-refractivity contribution in [3.8, 4) is 0 Å². The van der Waals surface area contributed by atoms with Crippen LogP contribution in [-0.4, -0.2) is 44.3 Å². The molecule has 2 atom stereocenters. The Kier molecular flexibility index (Phi) is 10.5. The molecule has 0 aromatic carbocycles. The first-order valence-corrected chi connectivity index (χ1v) is 8.29. The third kappa shape index (κ3) is 8.23. The highest BCUT2D eigenvalue weighted by Gasteiger charge is 2.23. The molecular formula is C17H38N2O. The lowest BCUT2D eigenvalue weighted by atomic mass is 9.76. The van der Waals surface area contributed by atoms with Crippen LogP contribution in [0, 0.1) is 11.3 Å². The Labute approximate surface area is 127 Å². The molecule has 3 nitrogen and oxygen atoms in total. The number of methoxy groups -OCH3 is 1. The van der Waals surface area contributed by atoms with Gasteiger partial charge in [-0.05, 0) is 57.0 Å². The Bertz CT molecular complexity index is 226. The van der Waals surface area contributed by atoms with Gasteiger partial charge < -0.3 is 10.5 Å². The van der Waals surface area contributed by atoms with Gasteiger partial charge in [0.15, 0.2) is 0 Å². The van der Waals surface area contributed by atoms with Crippen molar-refractivity contribution in [3.63, 3.8) is 0 Å². The summed E-state index contributed by atoms with van der Waals surface area (Å²) in [7, 11) is 1.78. The Hall–Kier alpha value is -0.120. The minimum atomic E-state index is 0.368. The minimum Gasteiger partial charge on any atom is -0.383 e. The topological polar surface area (TPSA) is 38.5 Å². The zero-order valence-corrected chi connectivity index (χ0v) is 14.7. The van der Waals surface area contributed by atoms with E-state index in [2.05, 4.69) is 39.5 Å². The van der Waals surface area contributed by atoms with Gasteiger partial charge in [0, 0.05) is 19.7 Å². The van der Waals surface area contributed by atoms with E-state index < -0.39 is 0 Å². The molecule has 20 heavy (non-hydrogen) atoms. The maximum atomic E-state index is 5.77. The van der Waals surface area contributed by atoms with Crippen molar-refractivity contribution in [2.75, 3.05) is 33.4 Å². The van der Waals surface area contributed by atoms with Crippen LogP contribution in [-0.2, 0) is 4.74 Å². The average Bonchev–Trinajstić information content (AvgIpc) is 2.39. The van der Waals surface area contributed by atoms with Crippen molar-refractivity contribution in [3.05, 3.63) is 0 Å². The standard InChI is InChI=1S/C17H38N2O/c1-7-15(2)19(13-14-20-6)12-8-9-16(10-11-18)17(3,4)5/h15-16H,7-14,18H2,1-6H3. The van der Waals surface area contributed by atoms with E-state index in [0.717, 1.165) is 32.0 Å². The highest BCUT2D eigenvalue weighted by Crippen LogP contribution is 2.32. The normalized spacial score (nSPS) is 15.6. The molecule has 0 saturated carbocycles. The zero-order valence-electron chi connectivity index (χ0n) is 14.7. The van der Waals surface area contributed by atoms with Crippen molar-refractivity contribution in [2.45, 2.75) is 66.3 Å². The molecule has 3 heteroatoms. The molecule has 122 valence electrons. The largest absolute Gasteiger partial charge is 0.383 e. The van der Waals surface area contributed by atoms with Crippen LogP contribution in [0.4, 0.5) is 0 Å². The van der Waals surface area contributed by atoms with Crippen molar-refractivity contribution in [1.29, 1.82) is 0 Å². The van der Waals surface area contributed by atoms with Crippen LogP contribution in [0.15, 0.2) is 0 Å². The van der Waals surface area contributed by atoms with E-state index in [1.807, 2.05) is 0 Å². The summed E-state index contributed by atoms with van der Waals surface area (Å²) in [6.45, 7) is 15.4. The first kappa shape index (κ1) is 19.9. The summed E-state index contributed by atoms with van der Waals surface area (Å²) < 4.78 is 5.23. The Morgan fingerprint density at radius 3 is 2.25 bits per heavy atom. The van der Waals surface area contributed by atoms with Crippen molar-refractivity contribution in [1.82, 2.24) is 4.90 Å². The van der Waals surface area contributed by atoms with Gasteiger partial charge >= 0.3 is 0 Å². The number of nitrogens with two attached hydrogens (primary N) is 1. The fourth-order valence-electron chi connectivity index (χ4n) is 2.77. The predicted octanol–water partition coefficient (Wildman–Crippen LogP) is 3.52. The van der Waals surface area contributed by atoms with Crippen LogP contribution in [0.2, 0.25) is 0 Å². The molecule has 2 N–H and O–H groups in total. The van der Waals surface area contributed by atoms with E-state index in [1.165, 1.54) is 25.8 Å². The number of nitrogens with zero attached hydrogens (tertiary/aromatic N) is 1. The molecule has 0 heterocycles. The summed E-state index contributed by atoms with van der Waals surface area (Å²) in [5.41, 5.74) is 6.13. The molecule has 0 aliphatic carbocycles. The summed E-state index contributed by atoms with van der Waals surface area (Å²) >= 11 is 0. The van der Waals surface area contributed by atoms with Crippen molar-refractivity contribution in [2.24, 2.45) is 17.1 Å². The summed E-state index contributed by atoms with van der Waals surface area (Å²) in [5, 5.41) is 0. The van der Waals surface area contributed by atoms with Gasteiger partial charge in [0.05, 0.1) is 6.61 Å². The van der Waals surface area contributed by atoms with Crippen LogP contribution < -0.4 is 5.73 Å². The third-order valence-corrected chi connectivity index (χ3v) is 4.53. The third-order valence-electron chi connectivity index (χ3n) is 4.53. The fourth-order valence-corrected chi connectivity index (χ4v) is 2.77. The van der Waals surface area contributed by atoms with Gasteiger partial charge in [-0.3, -0.25) is 4.90 Å². The maximum Gasteiger partial charge on any atom is 0.0589 e. The molecule has 0 aromatic heterocycles. The Morgan fingerprint density at radius 2 is 1.80 bits per heavy atom. The van der Waals surface area contributed by atoms with Crippen LogP contribution in [0.5, 0.6) is 0 Å². The highest BCUT2D eigenvalue weighted by atomic mass is 16.5. The van der Waals surface area contributed by atoms with Crippen molar-refractivity contribution >= 4 is 0 Å². The summed E-state index contributed by atoms with van der Waals surface area (Å²) in [6.07, 6.45) is 4.89. The molecule has 0 aromatic rings. The minimum absolute atomic E-state index is 0.368. The van der Waals surface area contributed by atoms with Crippen LogP contribution >= 0.6 is 0 Å². The highest BCUT2D eigenvalue weighted by molar-refractivity contribution is 4.75. The Balaban J connectivity index is 4.25. The van der Waals surface area contributed by atoms with E-state index in [9.17, 15) is 0 Å². The van der Waals surface area contributed by atoms with Crippen LogP contribution in [0.3, 0.4) is 0 Å². The number of hydrogen-bond acceptors (Lipinski definition) is 3. The molecule has 2 unspecified atom stereocenters. The molecule has 0 saturated heterocycles. The van der Waals surface area contributed by atoms with Gasteiger partial charge in [-0.25, -0.2) is 0 Å². The molecule has 0 rings (SSSR count). The summed E-state index contributed by atoms with van der Waals surface area (Å²) in [6, 6.07) is 0.646. The molecule has 0 fully saturated rings. The molecular weight excluding hydrogens is 248 g/mol. The van der Waals surface area contributed by atoms with Gasteiger partial charge in [0.2, 0.25) is 0 Å². The number of hydrogen-bond donors (Lipinski definition) is 1. The van der Waals surface area contributed by atoms with Gasteiger partial charge in [-0.15, -0.1) is 0 Å². The first-order chi connectivity index (χ1) is 9.36. The van der Waals surface area contributed by atoms with E-state index >= 15 is 0 Å². The number of ether oxygens (including phenoxy) is 1. The predicted molar refractivity (Wildman–Crippen MR) is 89.1 cm³/mol. The average molecular weight is 287 g/mol. The lowest BCUT2D eigenvalue weighted by Gasteiger charge is -2.33. The van der Waals surface area contributed by atoms with E-state index in [-0.39, 0.29) is 0 Å². The summed E-state index contributed by atoms with van der Waals surface area (Å²) in [5.74, 6) is 0.730. The molecule has 0 spiro atoms. The SMILES string of the molecule is CCC(C)N(CCCC(CCN)C(C)(C)C)CCOC. The summed E-state index contributed by atoms with van der Waals surface area (Å²) in [4.78, 5) is 2.56. The Morgan fingerprint density at radius 1 is 1.15 bits per heavy atom. The molecule has 0 aliphatic rings. The van der Waals surface area contributed by atoms with E-state index in [1.54, 1.807) is 7.11 Å². The fraction of sp³-hybridized carbons (Fsp3) is 1.00. The quantitative estimate of drug-likeness (QED) is 0.631. The van der Waals surface area contributed by atoms with Gasteiger partial charge in [0.1, 0.15) is 0 Å². The molecule has 0 amide bonds. The molecule has 0 aliphatic heterocycles. The van der Waals surface area contributed by atoms with Crippen molar-refractivity contribution < 1.29 is 4.74 Å².